The summed E-state index contributed by atoms with van der Waals surface area (Å²) in [5, 5.41) is 18.6. The molecule has 4 nitrogen and oxygen atoms in total. The minimum absolute atomic E-state index is 0.0462. The van der Waals surface area contributed by atoms with Crippen molar-refractivity contribution in [2.75, 3.05) is 0 Å². The van der Waals surface area contributed by atoms with Crippen LogP contribution in [0, 0.1) is 33.1 Å². The van der Waals surface area contributed by atoms with Gasteiger partial charge in [-0.05, 0) is 0 Å². The van der Waals surface area contributed by atoms with Gasteiger partial charge in [-0.25, -0.2) is 4.39 Å². The number of nitrogens with zero attached hydrogens (tertiary/aromatic N) is 2. The number of nitro benzene ring substituents is 1. The van der Waals surface area contributed by atoms with Crippen molar-refractivity contribution in [1.82, 2.24) is 0 Å². The summed E-state index contributed by atoms with van der Waals surface area (Å²) in [6.45, 7) is 0. The summed E-state index contributed by atoms with van der Waals surface area (Å²) < 4.78 is 26.0. The molecule has 0 saturated carbocycles. The van der Waals surface area contributed by atoms with E-state index >= 15 is 0 Å². The Morgan fingerprint density at radius 2 is 2.12 bits per heavy atom. The largest absolute Gasteiger partial charge is 0.305 e. The van der Waals surface area contributed by atoms with E-state index in [9.17, 15) is 18.9 Å². The van der Waals surface area contributed by atoms with E-state index in [2.05, 4.69) is 0 Å². The van der Waals surface area contributed by atoms with Gasteiger partial charge in [0.25, 0.3) is 0 Å². The molecule has 0 atom stereocenters. The standard InChI is InChI=1S/C10H6F2N2O2/c11-8-6-9(12)10(14(15)16)5-7(8)3-1-2-4-13/h1,3,5-6H,2H2. The summed E-state index contributed by atoms with van der Waals surface area (Å²) in [5.74, 6) is -2.13. The molecule has 0 bridgehead atoms. The summed E-state index contributed by atoms with van der Waals surface area (Å²) in [7, 11) is 0. The second-order valence-corrected chi connectivity index (χ2v) is 2.85. The van der Waals surface area contributed by atoms with Crippen LogP contribution in [0.2, 0.25) is 0 Å². The highest BCUT2D eigenvalue weighted by Gasteiger charge is 2.16. The lowest BCUT2D eigenvalue weighted by molar-refractivity contribution is -0.387. The monoisotopic (exact) mass is 224 g/mol. The van der Waals surface area contributed by atoms with E-state index in [1.165, 1.54) is 12.2 Å². The van der Waals surface area contributed by atoms with E-state index in [1.54, 1.807) is 6.07 Å². The maximum atomic E-state index is 13.1. The summed E-state index contributed by atoms with van der Waals surface area (Å²) in [5.41, 5.74) is -0.915. The minimum atomic E-state index is -1.22. The zero-order chi connectivity index (χ0) is 12.1. The molecule has 0 saturated heterocycles. The Morgan fingerprint density at radius 1 is 1.44 bits per heavy atom. The maximum absolute atomic E-state index is 13.1. The minimum Gasteiger partial charge on any atom is -0.258 e. The first kappa shape index (κ1) is 11.8. The molecule has 0 spiro atoms. The highest BCUT2D eigenvalue weighted by atomic mass is 19.1. The van der Waals surface area contributed by atoms with Crippen LogP contribution in [-0.4, -0.2) is 4.92 Å². The first-order valence-corrected chi connectivity index (χ1v) is 4.23. The van der Waals surface area contributed by atoms with Gasteiger partial charge in [-0.2, -0.15) is 9.65 Å². The number of hydrogen-bond donors (Lipinski definition) is 0. The van der Waals surface area contributed by atoms with Gasteiger partial charge in [-0.1, -0.05) is 12.2 Å². The third kappa shape index (κ3) is 2.60. The molecule has 1 aromatic carbocycles. The van der Waals surface area contributed by atoms with Gasteiger partial charge in [0, 0.05) is 17.7 Å². The third-order valence-corrected chi connectivity index (χ3v) is 1.77. The van der Waals surface area contributed by atoms with Gasteiger partial charge in [-0.3, -0.25) is 10.1 Å². The molecule has 0 aliphatic carbocycles. The van der Waals surface area contributed by atoms with Crippen molar-refractivity contribution in [2.24, 2.45) is 0 Å². The predicted molar refractivity (Wildman–Crippen MR) is 52.3 cm³/mol. The first-order valence-electron chi connectivity index (χ1n) is 4.23. The van der Waals surface area contributed by atoms with Crippen LogP contribution in [0.3, 0.4) is 0 Å². The summed E-state index contributed by atoms with van der Waals surface area (Å²) in [6.07, 6.45) is 2.58. The highest BCUT2D eigenvalue weighted by Crippen LogP contribution is 2.22. The number of nitriles is 1. The average molecular weight is 224 g/mol. The molecule has 82 valence electrons. The number of nitro groups is 1. The Hall–Kier alpha value is -2.29. The number of benzene rings is 1. The van der Waals surface area contributed by atoms with Crippen molar-refractivity contribution in [1.29, 1.82) is 5.26 Å². The van der Waals surface area contributed by atoms with Gasteiger partial charge < -0.3 is 0 Å². The van der Waals surface area contributed by atoms with Crippen LogP contribution in [0.4, 0.5) is 14.5 Å². The van der Waals surface area contributed by atoms with Gasteiger partial charge in [0.2, 0.25) is 5.82 Å². The van der Waals surface area contributed by atoms with Gasteiger partial charge in [-0.15, -0.1) is 0 Å². The SMILES string of the molecule is N#CCC=Cc1cc([N+](=O)[O-])c(F)cc1F. The lowest BCUT2D eigenvalue weighted by atomic mass is 10.1. The van der Waals surface area contributed by atoms with Gasteiger partial charge in [0.05, 0.1) is 17.4 Å². The van der Waals surface area contributed by atoms with Crippen LogP contribution in [-0.2, 0) is 0 Å². The molecule has 1 aromatic rings. The van der Waals surface area contributed by atoms with Crippen molar-refractivity contribution in [3.8, 4) is 6.07 Å². The fourth-order valence-electron chi connectivity index (χ4n) is 1.06. The lowest BCUT2D eigenvalue weighted by Gasteiger charge is -1.98. The Morgan fingerprint density at radius 3 is 2.69 bits per heavy atom. The summed E-state index contributed by atoms with van der Waals surface area (Å²) >= 11 is 0. The predicted octanol–water partition coefficient (Wildman–Crippen LogP) is 2.80. The van der Waals surface area contributed by atoms with Crippen molar-refractivity contribution < 1.29 is 13.7 Å². The first-order chi connectivity index (χ1) is 7.56. The number of allylic oxidation sites excluding steroid dienone is 1. The third-order valence-electron chi connectivity index (χ3n) is 1.77. The van der Waals surface area contributed by atoms with Crippen LogP contribution in [0.25, 0.3) is 6.08 Å². The molecule has 0 amide bonds. The molecule has 0 aliphatic rings. The second-order valence-electron chi connectivity index (χ2n) is 2.85. The molecular formula is C10H6F2N2O2. The molecule has 0 fully saturated rings. The quantitative estimate of drug-likeness (QED) is 0.585. The van der Waals surface area contributed by atoms with Crippen molar-refractivity contribution in [3.05, 3.63) is 45.5 Å². The van der Waals surface area contributed by atoms with E-state index in [4.69, 9.17) is 5.26 Å². The topological polar surface area (TPSA) is 66.9 Å². The Balaban J connectivity index is 3.16. The van der Waals surface area contributed by atoms with E-state index in [-0.39, 0.29) is 12.0 Å². The van der Waals surface area contributed by atoms with E-state index in [0.29, 0.717) is 6.07 Å². The molecule has 6 heteroatoms. The van der Waals surface area contributed by atoms with Crippen molar-refractivity contribution in [3.63, 3.8) is 0 Å². The molecule has 0 unspecified atom stereocenters. The van der Waals surface area contributed by atoms with Crippen LogP contribution in [0.15, 0.2) is 18.2 Å². The smallest absolute Gasteiger partial charge is 0.258 e. The molecule has 0 heterocycles. The maximum Gasteiger partial charge on any atom is 0.305 e. The molecule has 0 radical (unpaired) electrons. The normalized spacial score (nSPS) is 10.3. The van der Waals surface area contributed by atoms with Gasteiger partial charge >= 0.3 is 5.69 Å². The Bertz CT molecular complexity index is 492. The lowest BCUT2D eigenvalue weighted by Crippen LogP contribution is -1.95. The van der Waals surface area contributed by atoms with Crippen LogP contribution in [0.1, 0.15) is 12.0 Å². The van der Waals surface area contributed by atoms with Crippen LogP contribution >= 0.6 is 0 Å². The number of halogens is 2. The second kappa shape index (κ2) is 4.98. The van der Waals surface area contributed by atoms with Crippen LogP contribution in [0.5, 0.6) is 0 Å². The average Bonchev–Trinajstić information content (AvgIpc) is 2.21. The summed E-state index contributed by atoms with van der Waals surface area (Å²) in [4.78, 5) is 9.45. The van der Waals surface area contributed by atoms with E-state index in [0.717, 1.165) is 6.07 Å². The Labute approximate surface area is 89.6 Å². The van der Waals surface area contributed by atoms with Gasteiger partial charge in [0.15, 0.2) is 0 Å². The van der Waals surface area contributed by atoms with Crippen molar-refractivity contribution in [2.45, 2.75) is 6.42 Å². The zero-order valence-electron chi connectivity index (χ0n) is 7.98. The fourth-order valence-corrected chi connectivity index (χ4v) is 1.06. The molecule has 0 aromatic heterocycles. The van der Waals surface area contributed by atoms with E-state index < -0.39 is 22.2 Å². The van der Waals surface area contributed by atoms with Gasteiger partial charge in [0.1, 0.15) is 5.82 Å². The molecule has 0 aliphatic heterocycles. The highest BCUT2D eigenvalue weighted by molar-refractivity contribution is 5.54. The fraction of sp³-hybridized carbons (Fsp3) is 0.100. The zero-order valence-corrected chi connectivity index (χ0v) is 7.98. The molecular weight excluding hydrogens is 218 g/mol. The molecule has 16 heavy (non-hydrogen) atoms. The van der Waals surface area contributed by atoms with Crippen molar-refractivity contribution >= 4 is 11.8 Å². The number of hydrogen-bond acceptors (Lipinski definition) is 3. The van der Waals surface area contributed by atoms with Crippen LogP contribution < -0.4 is 0 Å². The number of rotatable bonds is 3. The molecule has 1 rings (SSSR count). The molecule has 0 N–H and O–H groups in total. The summed E-state index contributed by atoms with van der Waals surface area (Å²) in [6, 6.07) is 3.03. The van der Waals surface area contributed by atoms with E-state index in [1.807, 2.05) is 0 Å². The Kier molecular flexibility index (Phi) is 3.67.